The van der Waals surface area contributed by atoms with Crippen LogP contribution in [-0.2, 0) is 14.3 Å². The molecule has 0 spiro atoms. The van der Waals surface area contributed by atoms with E-state index in [9.17, 15) is 14.7 Å². The van der Waals surface area contributed by atoms with Gasteiger partial charge in [0.05, 0.1) is 40.3 Å². The van der Waals surface area contributed by atoms with Gasteiger partial charge >= 0.3 is 5.97 Å². The van der Waals surface area contributed by atoms with Crippen LogP contribution in [0.2, 0.25) is 0 Å². The summed E-state index contributed by atoms with van der Waals surface area (Å²) < 4.78 is 5.61. The van der Waals surface area contributed by atoms with Gasteiger partial charge in [-0.15, -0.1) is 0 Å². The summed E-state index contributed by atoms with van der Waals surface area (Å²) in [6.07, 6.45) is 21.9. The third-order valence-corrected chi connectivity index (χ3v) is 5.31. The Balaban J connectivity index is 0. The fraction of sp³-hybridized carbons (Fsp3) is 0.926. The van der Waals surface area contributed by atoms with E-state index in [1.54, 1.807) is 21.1 Å². The highest BCUT2D eigenvalue weighted by atomic mass is 16.5. The van der Waals surface area contributed by atoms with Crippen molar-refractivity contribution in [1.29, 1.82) is 0 Å². The topological polar surface area (TPSA) is 69.7 Å². The lowest BCUT2D eigenvalue weighted by Gasteiger charge is -2.23. The summed E-state index contributed by atoms with van der Waals surface area (Å²) in [6, 6.07) is 0. The Labute approximate surface area is 205 Å². The zero-order valence-electron chi connectivity index (χ0n) is 23.0. The summed E-state index contributed by atoms with van der Waals surface area (Å²) in [4.78, 5) is 23.1. The molecule has 0 aliphatic rings. The standard InChI is InChI=1S/C22H45NO2.C5H11NO2/c1-4-5-6-7-8-9-10-11-12-13-14-15-16-17-18-19-20-25-22(24)21-23(2)3;1-6(2,3)4-5(7)8/h4-21H2,1-3H3;4H2,1-3H3. The number of hydrogen-bond donors (Lipinski definition) is 0. The van der Waals surface area contributed by atoms with Gasteiger partial charge in [-0.05, 0) is 20.5 Å². The second kappa shape index (κ2) is 24.0. The number of hydrogen-bond acceptors (Lipinski definition) is 5. The number of likely N-dealkylation sites (N-methyl/N-ethyl adjacent to an activating group) is 2. The normalized spacial score (nSPS) is 11.2. The summed E-state index contributed by atoms with van der Waals surface area (Å²) in [5.74, 6) is -1.11. The molecule has 0 bridgehead atoms. The van der Waals surface area contributed by atoms with E-state index in [1.165, 1.54) is 96.3 Å². The van der Waals surface area contributed by atoms with Gasteiger partial charge in [0.2, 0.25) is 0 Å². The van der Waals surface area contributed by atoms with E-state index >= 15 is 0 Å². The Morgan fingerprint density at radius 2 is 1.06 bits per heavy atom. The van der Waals surface area contributed by atoms with E-state index in [0.29, 0.717) is 17.6 Å². The quantitative estimate of drug-likeness (QED) is 0.136. The molecule has 0 aliphatic carbocycles. The van der Waals surface area contributed by atoms with Gasteiger partial charge in [-0.3, -0.25) is 9.69 Å². The molecule has 33 heavy (non-hydrogen) atoms. The number of rotatable bonds is 21. The number of carbonyl (C=O) groups is 2. The summed E-state index contributed by atoms with van der Waals surface area (Å²) in [5.41, 5.74) is 0. The van der Waals surface area contributed by atoms with Crippen molar-refractivity contribution in [2.75, 3.05) is 54.9 Å². The Morgan fingerprint density at radius 3 is 1.33 bits per heavy atom. The average Bonchev–Trinajstić information content (AvgIpc) is 2.68. The number of esters is 1. The van der Waals surface area contributed by atoms with Crippen molar-refractivity contribution in [2.45, 2.75) is 110 Å². The first-order valence-electron chi connectivity index (χ1n) is 13.4. The van der Waals surface area contributed by atoms with Gasteiger partial charge in [0, 0.05) is 0 Å². The number of ether oxygens (including phenoxy) is 1. The molecule has 0 heterocycles. The van der Waals surface area contributed by atoms with Gasteiger partial charge in [0.15, 0.2) is 0 Å². The zero-order chi connectivity index (χ0) is 25.4. The highest BCUT2D eigenvalue weighted by Crippen LogP contribution is 2.13. The maximum atomic E-state index is 11.3. The van der Waals surface area contributed by atoms with Gasteiger partial charge in [-0.25, -0.2) is 0 Å². The van der Waals surface area contributed by atoms with Crippen molar-refractivity contribution in [2.24, 2.45) is 0 Å². The molecule has 0 N–H and O–H groups in total. The van der Waals surface area contributed by atoms with E-state index in [-0.39, 0.29) is 12.5 Å². The molecule has 0 aromatic rings. The van der Waals surface area contributed by atoms with E-state index in [2.05, 4.69) is 6.92 Å². The second-order valence-electron chi connectivity index (χ2n) is 10.6. The Kier molecular flexibility index (Phi) is 24.7. The maximum absolute atomic E-state index is 11.3. The molecule has 198 valence electrons. The highest BCUT2D eigenvalue weighted by molar-refractivity contribution is 5.71. The van der Waals surface area contributed by atoms with Gasteiger partial charge < -0.3 is 19.1 Å². The van der Waals surface area contributed by atoms with Crippen LogP contribution in [-0.4, -0.2) is 76.3 Å². The molecule has 0 radical (unpaired) electrons. The van der Waals surface area contributed by atoms with E-state index < -0.39 is 5.97 Å². The average molecular weight is 473 g/mol. The maximum Gasteiger partial charge on any atom is 0.320 e. The second-order valence-corrected chi connectivity index (χ2v) is 10.6. The first-order chi connectivity index (χ1) is 15.6. The van der Waals surface area contributed by atoms with Gasteiger partial charge in [0.25, 0.3) is 0 Å². The molecule has 0 unspecified atom stereocenters. The number of aliphatic carboxylic acids is 1. The molecule has 0 atom stereocenters. The van der Waals surface area contributed by atoms with E-state index in [1.807, 2.05) is 19.0 Å². The van der Waals surface area contributed by atoms with Crippen molar-refractivity contribution in [1.82, 2.24) is 4.90 Å². The Morgan fingerprint density at radius 1 is 0.697 bits per heavy atom. The van der Waals surface area contributed by atoms with Crippen LogP contribution in [0.1, 0.15) is 110 Å². The molecule has 0 aliphatic heterocycles. The molecule has 0 saturated carbocycles. The van der Waals surface area contributed by atoms with Crippen LogP contribution >= 0.6 is 0 Å². The minimum Gasteiger partial charge on any atom is -0.544 e. The molecule has 6 heteroatoms. The predicted molar refractivity (Wildman–Crippen MR) is 137 cm³/mol. The van der Waals surface area contributed by atoms with Crippen LogP contribution in [0.5, 0.6) is 0 Å². The van der Waals surface area contributed by atoms with Crippen molar-refractivity contribution in [3.63, 3.8) is 0 Å². The van der Waals surface area contributed by atoms with Crippen molar-refractivity contribution in [3.05, 3.63) is 0 Å². The molecule has 6 nitrogen and oxygen atoms in total. The lowest BCUT2D eigenvalue weighted by atomic mass is 10.0. The van der Waals surface area contributed by atoms with Crippen LogP contribution in [0.4, 0.5) is 0 Å². The third-order valence-electron chi connectivity index (χ3n) is 5.31. The van der Waals surface area contributed by atoms with E-state index in [0.717, 1.165) is 6.42 Å². The fourth-order valence-electron chi connectivity index (χ4n) is 3.53. The number of carbonyl (C=O) groups excluding carboxylic acids is 2. The summed E-state index contributed by atoms with van der Waals surface area (Å²) in [6.45, 7) is 3.33. The van der Waals surface area contributed by atoms with E-state index in [4.69, 9.17) is 4.74 Å². The van der Waals surface area contributed by atoms with Crippen molar-refractivity contribution < 1.29 is 23.9 Å². The molecule has 0 saturated heterocycles. The lowest BCUT2D eigenvalue weighted by Crippen LogP contribution is -2.45. The van der Waals surface area contributed by atoms with Gasteiger partial charge in [-0.2, -0.15) is 0 Å². The number of carboxylic acid groups (broad SMARTS) is 1. The number of carboxylic acids is 1. The summed E-state index contributed by atoms with van der Waals surface area (Å²) in [5, 5.41) is 9.89. The van der Waals surface area contributed by atoms with Crippen molar-refractivity contribution >= 4 is 11.9 Å². The van der Waals surface area contributed by atoms with Crippen LogP contribution in [0.25, 0.3) is 0 Å². The zero-order valence-corrected chi connectivity index (χ0v) is 23.0. The van der Waals surface area contributed by atoms with Crippen LogP contribution in [0, 0.1) is 0 Å². The Hall–Kier alpha value is -1.14. The lowest BCUT2D eigenvalue weighted by molar-refractivity contribution is -0.864. The molecule has 0 fully saturated rings. The molecule has 0 aromatic heterocycles. The van der Waals surface area contributed by atoms with Crippen molar-refractivity contribution in [3.8, 4) is 0 Å². The summed E-state index contributed by atoms with van der Waals surface area (Å²) >= 11 is 0. The molecule has 0 aromatic carbocycles. The van der Waals surface area contributed by atoms with Crippen LogP contribution in [0.3, 0.4) is 0 Å². The molecule has 0 rings (SSSR count). The fourth-order valence-corrected chi connectivity index (χ4v) is 3.53. The summed E-state index contributed by atoms with van der Waals surface area (Å²) in [7, 11) is 9.17. The first-order valence-corrected chi connectivity index (χ1v) is 13.4. The monoisotopic (exact) mass is 472 g/mol. The van der Waals surface area contributed by atoms with Crippen LogP contribution < -0.4 is 5.11 Å². The van der Waals surface area contributed by atoms with Gasteiger partial charge in [0.1, 0.15) is 6.54 Å². The number of quaternary nitrogens is 1. The van der Waals surface area contributed by atoms with Crippen LogP contribution in [0.15, 0.2) is 0 Å². The predicted octanol–water partition coefficient (Wildman–Crippen LogP) is 4.80. The minimum atomic E-state index is -1.00. The molecular formula is C27H56N2O4. The minimum absolute atomic E-state index is 0.0694. The largest absolute Gasteiger partial charge is 0.544 e. The smallest absolute Gasteiger partial charge is 0.320 e. The SMILES string of the molecule is CCCCCCCCCCCCCCCCCCOC(=O)CN(C)C.C[N+](C)(C)CC(=O)[O-]. The molecular weight excluding hydrogens is 416 g/mol. The number of nitrogens with zero attached hydrogens (tertiary/aromatic N) is 2. The Bertz CT molecular complexity index is 448. The van der Waals surface area contributed by atoms with Gasteiger partial charge in [-0.1, -0.05) is 103 Å². The highest BCUT2D eigenvalue weighted by Gasteiger charge is 2.05. The molecule has 0 amide bonds. The first kappa shape index (κ1) is 34.0. The number of unbranched alkanes of at least 4 members (excludes halogenated alkanes) is 15. The third kappa shape index (κ3) is 35.6.